The second-order valence-electron chi connectivity index (χ2n) is 5.60. The van der Waals surface area contributed by atoms with Gasteiger partial charge in [0.05, 0.1) is 5.56 Å². The Morgan fingerprint density at radius 3 is 2.42 bits per heavy atom. The summed E-state index contributed by atoms with van der Waals surface area (Å²) in [6, 6.07) is 9.73. The number of benzene rings is 1. The standard InChI is InChI=1S/C18H20F3N3OS/c1-26-12-13-3-5-14(6-4-13)17(25)23-10-2-9-22-16-8-7-15(11-24-16)18(19,20)21/h3-8,11H,2,9-10,12H2,1H3,(H,22,24)(H,23,25). The third kappa shape index (κ3) is 6.25. The van der Waals surface area contributed by atoms with Crippen LogP contribution in [0.5, 0.6) is 0 Å². The highest BCUT2D eigenvalue weighted by Gasteiger charge is 2.30. The molecule has 0 radical (unpaired) electrons. The lowest BCUT2D eigenvalue weighted by Gasteiger charge is -2.09. The van der Waals surface area contributed by atoms with Gasteiger partial charge in [0, 0.05) is 30.6 Å². The molecular weight excluding hydrogens is 363 g/mol. The minimum atomic E-state index is -4.39. The summed E-state index contributed by atoms with van der Waals surface area (Å²) in [5, 5.41) is 5.74. The van der Waals surface area contributed by atoms with Gasteiger partial charge in [0.15, 0.2) is 0 Å². The number of halogens is 3. The molecule has 140 valence electrons. The van der Waals surface area contributed by atoms with Gasteiger partial charge in [0.2, 0.25) is 0 Å². The summed E-state index contributed by atoms with van der Waals surface area (Å²) < 4.78 is 37.3. The van der Waals surface area contributed by atoms with Crippen molar-refractivity contribution >= 4 is 23.5 Å². The number of pyridine rings is 1. The molecule has 0 aliphatic rings. The Hall–Kier alpha value is -2.22. The van der Waals surface area contributed by atoms with E-state index in [9.17, 15) is 18.0 Å². The van der Waals surface area contributed by atoms with Crippen molar-refractivity contribution in [3.8, 4) is 0 Å². The van der Waals surface area contributed by atoms with Gasteiger partial charge in [-0.25, -0.2) is 4.98 Å². The van der Waals surface area contributed by atoms with Crippen LogP contribution in [0.3, 0.4) is 0 Å². The largest absolute Gasteiger partial charge is 0.417 e. The Morgan fingerprint density at radius 2 is 1.85 bits per heavy atom. The van der Waals surface area contributed by atoms with Gasteiger partial charge in [-0.15, -0.1) is 0 Å². The number of amides is 1. The topological polar surface area (TPSA) is 54.0 Å². The summed E-state index contributed by atoms with van der Waals surface area (Å²) in [7, 11) is 0. The summed E-state index contributed by atoms with van der Waals surface area (Å²) in [5.74, 6) is 1.13. The first-order valence-electron chi connectivity index (χ1n) is 8.03. The Morgan fingerprint density at radius 1 is 1.12 bits per heavy atom. The Labute approximate surface area is 154 Å². The fraction of sp³-hybridized carbons (Fsp3) is 0.333. The van der Waals surface area contributed by atoms with Gasteiger partial charge in [-0.2, -0.15) is 24.9 Å². The highest BCUT2D eigenvalue weighted by Crippen LogP contribution is 2.28. The fourth-order valence-corrected chi connectivity index (χ4v) is 2.72. The normalized spacial score (nSPS) is 11.2. The molecule has 2 N–H and O–H groups in total. The van der Waals surface area contributed by atoms with Crippen molar-refractivity contribution in [1.82, 2.24) is 10.3 Å². The number of rotatable bonds is 8. The average molecular weight is 383 g/mol. The molecule has 2 aromatic rings. The third-order valence-electron chi connectivity index (χ3n) is 3.56. The van der Waals surface area contributed by atoms with E-state index >= 15 is 0 Å². The van der Waals surface area contributed by atoms with Crippen LogP contribution in [-0.4, -0.2) is 30.2 Å². The van der Waals surface area contributed by atoms with Crippen LogP contribution in [0.15, 0.2) is 42.6 Å². The number of thioether (sulfide) groups is 1. The van der Waals surface area contributed by atoms with Gasteiger partial charge in [0.25, 0.3) is 5.91 Å². The third-order valence-corrected chi connectivity index (χ3v) is 4.19. The van der Waals surface area contributed by atoms with Gasteiger partial charge in [-0.3, -0.25) is 4.79 Å². The van der Waals surface area contributed by atoms with Crippen molar-refractivity contribution in [3.05, 3.63) is 59.3 Å². The van der Waals surface area contributed by atoms with Crippen molar-refractivity contribution < 1.29 is 18.0 Å². The molecule has 0 aliphatic carbocycles. The van der Waals surface area contributed by atoms with E-state index in [1.54, 1.807) is 23.9 Å². The number of alkyl halides is 3. The summed E-state index contributed by atoms with van der Waals surface area (Å²) in [5.41, 5.74) is 0.994. The molecule has 0 saturated heterocycles. The van der Waals surface area contributed by atoms with Crippen LogP contribution in [0.25, 0.3) is 0 Å². The second-order valence-corrected chi connectivity index (χ2v) is 6.46. The van der Waals surface area contributed by atoms with E-state index in [0.717, 1.165) is 18.0 Å². The van der Waals surface area contributed by atoms with Gasteiger partial charge in [-0.1, -0.05) is 12.1 Å². The molecule has 0 atom stereocenters. The number of aromatic nitrogens is 1. The van der Waals surface area contributed by atoms with Crippen LogP contribution in [0, 0.1) is 0 Å². The summed E-state index contributed by atoms with van der Waals surface area (Å²) >= 11 is 1.72. The van der Waals surface area contributed by atoms with Crippen LogP contribution in [-0.2, 0) is 11.9 Å². The van der Waals surface area contributed by atoms with E-state index in [2.05, 4.69) is 15.6 Å². The lowest BCUT2D eigenvalue weighted by molar-refractivity contribution is -0.137. The maximum Gasteiger partial charge on any atom is 0.417 e. The molecule has 8 heteroatoms. The Balaban J connectivity index is 1.69. The first-order valence-corrected chi connectivity index (χ1v) is 9.43. The Kier molecular flexibility index (Phi) is 7.32. The molecule has 0 aliphatic heterocycles. The van der Waals surface area contributed by atoms with E-state index in [4.69, 9.17) is 0 Å². The molecule has 0 fully saturated rings. The van der Waals surface area contributed by atoms with E-state index in [-0.39, 0.29) is 5.91 Å². The zero-order valence-electron chi connectivity index (χ0n) is 14.3. The number of nitrogens with one attached hydrogen (secondary N) is 2. The van der Waals surface area contributed by atoms with Crippen molar-refractivity contribution in [2.75, 3.05) is 24.7 Å². The fourth-order valence-electron chi connectivity index (χ4n) is 2.19. The highest BCUT2D eigenvalue weighted by molar-refractivity contribution is 7.97. The van der Waals surface area contributed by atoms with Crippen LogP contribution in [0.1, 0.15) is 27.9 Å². The van der Waals surface area contributed by atoms with Crippen LogP contribution in [0.4, 0.5) is 19.0 Å². The van der Waals surface area contributed by atoms with Crippen LogP contribution < -0.4 is 10.6 Å². The molecule has 2 rings (SSSR count). The maximum absolute atomic E-state index is 12.4. The van der Waals surface area contributed by atoms with E-state index < -0.39 is 11.7 Å². The zero-order valence-corrected chi connectivity index (χ0v) is 15.1. The minimum absolute atomic E-state index is 0.145. The molecular formula is C18H20F3N3OS. The molecule has 0 saturated carbocycles. The molecule has 1 heterocycles. The SMILES string of the molecule is CSCc1ccc(C(=O)NCCCNc2ccc(C(F)(F)F)cn2)cc1. The van der Waals surface area contributed by atoms with Gasteiger partial charge in [0.1, 0.15) is 5.82 Å². The van der Waals surface area contributed by atoms with Crippen molar-refractivity contribution in [2.45, 2.75) is 18.3 Å². The van der Waals surface area contributed by atoms with E-state index in [1.807, 2.05) is 18.4 Å². The first-order chi connectivity index (χ1) is 12.4. The number of anilines is 1. The maximum atomic E-state index is 12.4. The van der Waals surface area contributed by atoms with Gasteiger partial charge < -0.3 is 10.6 Å². The van der Waals surface area contributed by atoms with Crippen molar-refractivity contribution in [1.29, 1.82) is 0 Å². The Bertz CT molecular complexity index is 703. The second kappa shape index (κ2) is 9.47. The minimum Gasteiger partial charge on any atom is -0.370 e. The quantitative estimate of drug-likeness (QED) is 0.671. The predicted octanol–water partition coefficient (Wildman–Crippen LogP) is 4.20. The first kappa shape index (κ1) is 20.1. The molecule has 1 aromatic heterocycles. The average Bonchev–Trinajstić information content (AvgIpc) is 2.62. The van der Waals surface area contributed by atoms with Crippen LogP contribution in [0.2, 0.25) is 0 Å². The molecule has 4 nitrogen and oxygen atoms in total. The number of hydrogen-bond donors (Lipinski definition) is 2. The molecule has 1 aromatic carbocycles. The zero-order chi connectivity index (χ0) is 19.0. The number of nitrogens with zero attached hydrogens (tertiary/aromatic N) is 1. The molecule has 0 bridgehead atoms. The summed E-state index contributed by atoms with van der Waals surface area (Å²) in [6.45, 7) is 0.949. The highest BCUT2D eigenvalue weighted by atomic mass is 32.2. The number of hydrogen-bond acceptors (Lipinski definition) is 4. The van der Waals surface area contributed by atoms with Gasteiger partial charge >= 0.3 is 6.18 Å². The number of carbonyl (C=O) groups is 1. The van der Waals surface area contributed by atoms with E-state index in [1.165, 1.54) is 11.6 Å². The molecule has 0 spiro atoms. The van der Waals surface area contributed by atoms with E-state index in [0.29, 0.717) is 30.9 Å². The van der Waals surface area contributed by atoms with Crippen molar-refractivity contribution in [3.63, 3.8) is 0 Å². The number of carbonyl (C=O) groups excluding carboxylic acids is 1. The summed E-state index contributed by atoms with van der Waals surface area (Å²) in [6.07, 6.45) is -0.942. The predicted molar refractivity (Wildman–Crippen MR) is 98.3 cm³/mol. The molecule has 0 unspecified atom stereocenters. The smallest absolute Gasteiger partial charge is 0.370 e. The van der Waals surface area contributed by atoms with Gasteiger partial charge in [-0.05, 0) is 42.5 Å². The monoisotopic (exact) mass is 383 g/mol. The van der Waals surface area contributed by atoms with Crippen molar-refractivity contribution in [2.24, 2.45) is 0 Å². The summed E-state index contributed by atoms with van der Waals surface area (Å²) in [4.78, 5) is 15.8. The lowest BCUT2D eigenvalue weighted by atomic mass is 10.1. The van der Waals surface area contributed by atoms with Crippen LogP contribution >= 0.6 is 11.8 Å². The lowest BCUT2D eigenvalue weighted by Crippen LogP contribution is -2.25. The molecule has 1 amide bonds. The molecule has 26 heavy (non-hydrogen) atoms.